The van der Waals surface area contributed by atoms with Crippen LogP contribution in [0.1, 0.15) is 49.0 Å². The lowest BCUT2D eigenvalue weighted by Crippen LogP contribution is -2.30. The highest BCUT2D eigenvalue weighted by molar-refractivity contribution is 6.04. The Balaban J connectivity index is 1.92. The number of hydrogen-bond acceptors (Lipinski definition) is 4. The summed E-state index contributed by atoms with van der Waals surface area (Å²) in [6.45, 7) is 4.88. The molecule has 2 aromatic carbocycles. The number of amides is 1. The van der Waals surface area contributed by atoms with Crippen molar-refractivity contribution in [2.45, 2.75) is 39.2 Å². The van der Waals surface area contributed by atoms with E-state index in [0.29, 0.717) is 11.3 Å². The van der Waals surface area contributed by atoms with E-state index in [0.717, 1.165) is 5.56 Å². The van der Waals surface area contributed by atoms with Gasteiger partial charge in [-0.1, -0.05) is 49.4 Å². The highest BCUT2D eigenvalue weighted by atomic mass is 16.5. The molecule has 0 fully saturated rings. The first-order chi connectivity index (χ1) is 12.4. The number of nitrogens with one attached hydrogen (secondary N) is 1. The lowest BCUT2D eigenvalue weighted by atomic mass is 9.98. The van der Waals surface area contributed by atoms with E-state index < -0.39 is 18.0 Å². The normalized spacial score (nSPS) is 12.7. The average molecular weight is 353 g/mol. The first-order valence-corrected chi connectivity index (χ1v) is 8.53. The van der Waals surface area contributed by atoms with Crippen molar-refractivity contribution < 1.29 is 19.1 Å². The molecule has 0 heterocycles. The summed E-state index contributed by atoms with van der Waals surface area (Å²) in [7, 11) is 0. The van der Waals surface area contributed by atoms with Crippen LogP contribution >= 0.6 is 0 Å². The van der Waals surface area contributed by atoms with Crippen molar-refractivity contribution in [3.63, 3.8) is 0 Å². The van der Waals surface area contributed by atoms with Gasteiger partial charge in [-0.05, 0) is 37.5 Å². The van der Waals surface area contributed by atoms with Crippen LogP contribution in [-0.4, -0.2) is 23.8 Å². The SMILES string of the molecule is CC(=O)c1ccccc1NC(=O)[C@H](C)OC(=O)C[C@@H](C)c1ccccc1. The molecule has 5 nitrogen and oxygen atoms in total. The third-order valence-corrected chi connectivity index (χ3v) is 4.08. The zero-order valence-corrected chi connectivity index (χ0v) is 15.2. The van der Waals surface area contributed by atoms with Crippen LogP contribution < -0.4 is 5.32 Å². The number of carbonyl (C=O) groups is 3. The Labute approximate surface area is 153 Å². The smallest absolute Gasteiger partial charge is 0.307 e. The van der Waals surface area contributed by atoms with Gasteiger partial charge >= 0.3 is 5.97 Å². The summed E-state index contributed by atoms with van der Waals surface area (Å²) in [6, 6.07) is 16.4. The fourth-order valence-electron chi connectivity index (χ4n) is 2.58. The van der Waals surface area contributed by atoms with Gasteiger partial charge in [0.2, 0.25) is 0 Å². The molecular formula is C21H23NO4. The van der Waals surface area contributed by atoms with Crippen molar-refractivity contribution in [3.8, 4) is 0 Å². The Hall–Kier alpha value is -2.95. The van der Waals surface area contributed by atoms with Crippen molar-refractivity contribution >= 4 is 23.3 Å². The molecule has 1 amide bonds. The van der Waals surface area contributed by atoms with E-state index in [4.69, 9.17) is 4.74 Å². The molecule has 0 unspecified atom stereocenters. The minimum Gasteiger partial charge on any atom is -0.453 e. The predicted molar refractivity (Wildman–Crippen MR) is 100 cm³/mol. The maximum atomic E-state index is 12.3. The van der Waals surface area contributed by atoms with Crippen LogP contribution in [0.5, 0.6) is 0 Å². The zero-order valence-electron chi connectivity index (χ0n) is 15.2. The van der Waals surface area contributed by atoms with Crippen LogP contribution in [0, 0.1) is 0 Å². The summed E-state index contributed by atoms with van der Waals surface area (Å²) < 4.78 is 5.24. The van der Waals surface area contributed by atoms with Gasteiger partial charge in [0.05, 0.1) is 12.1 Å². The number of hydrogen-bond donors (Lipinski definition) is 1. The van der Waals surface area contributed by atoms with Gasteiger partial charge in [0.1, 0.15) is 0 Å². The maximum Gasteiger partial charge on any atom is 0.307 e. The van der Waals surface area contributed by atoms with Crippen LogP contribution in [0.4, 0.5) is 5.69 Å². The van der Waals surface area contributed by atoms with Crippen LogP contribution in [-0.2, 0) is 14.3 Å². The predicted octanol–water partition coefficient (Wildman–Crippen LogP) is 3.95. The fraction of sp³-hybridized carbons (Fsp3) is 0.286. The Morgan fingerprint density at radius 3 is 2.23 bits per heavy atom. The first-order valence-electron chi connectivity index (χ1n) is 8.53. The van der Waals surface area contributed by atoms with E-state index in [1.807, 2.05) is 37.3 Å². The molecule has 0 aliphatic rings. The summed E-state index contributed by atoms with van der Waals surface area (Å²) in [4.78, 5) is 36.0. The number of ketones is 1. The Kier molecular flexibility index (Phi) is 6.67. The summed E-state index contributed by atoms with van der Waals surface area (Å²) in [5.74, 6) is -1.07. The number of esters is 1. The number of benzene rings is 2. The number of rotatable bonds is 7. The molecule has 1 N–H and O–H groups in total. The monoisotopic (exact) mass is 353 g/mol. The van der Waals surface area contributed by atoms with Crippen LogP contribution in [0.3, 0.4) is 0 Å². The Bertz CT molecular complexity index is 786. The molecule has 136 valence electrons. The van der Waals surface area contributed by atoms with Gasteiger partial charge in [0.25, 0.3) is 5.91 Å². The van der Waals surface area contributed by atoms with Gasteiger partial charge in [0, 0.05) is 5.56 Å². The second kappa shape index (κ2) is 8.94. The topological polar surface area (TPSA) is 72.5 Å². The second-order valence-corrected chi connectivity index (χ2v) is 6.24. The molecule has 0 aliphatic heterocycles. The Morgan fingerprint density at radius 2 is 1.58 bits per heavy atom. The van der Waals surface area contributed by atoms with Gasteiger partial charge in [-0.2, -0.15) is 0 Å². The number of Topliss-reactive ketones (excluding diaryl/α,β-unsaturated/α-hetero) is 1. The van der Waals surface area contributed by atoms with Crippen LogP contribution in [0.25, 0.3) is 0 Å². The summed E-state index contributed by atoms with van der Waals surface area (Å²) in [5.41, 5.74) is 1.86. The summed E-state index contributed by atoms with van der Waals surface area (Å²) in [5, 5.41) is 2.65. The average Bonchev–Trinajstić information content (AvgIpc) is 2.62. The number of ether oxygens (including phenoxy) is 1. The molecule has 0 spiro atoms. The largest absolute Gasteiger partial charge is 0.453 e. The van der Waals surface area contributed by atoms with Gasteiger partial charge in [-0.3, -0.25) is 14.4 Å². The highest BCUT2D eigenvalue weighted by Gasteiger charge is 2.21. The van der Waals surface area contributed by atoms with E-state index in [2.05, 4.69) is 5.32 Å². The van der Waals surface area contributed by atoms with Crippen molar-refractivity contribution in [2.24, 2.45) is 0 Å². The molecule has 0 aromatic heterocycles. The van der Waals surface area contributed by atoms with Crippen molar-refractivity contribution in [1.82, 2.24) is 0 Å². The van der Waals surface area contributed by atoms with E-state index in [1.165, 1.54) is 13.8 Å². The molecule has 0 bridgehead atoms. The summed E-state index contributed by atoms with van der Waals surface area (Å²) >= 11 is 0. The van der Waals surface area contributed by atoms with Gasteiger partial charge in [-0.15, -0.1) is 0 Å². The number of anilines is 1. The molecule has 5 heteroatoms. The number of carbonyl (C=O) groups excluding carboxylic acids is 3. The highest BCUT2D eigenvalue weighted by Crippen LogP contribution is 2.20. The second-order valence-electron chi connectivity index (χ2n) is 6.24. The van der Waals surface area contributed by atoms with Gasteiger partial charge in [-0.25, -0.2) is 0 Å². The molecular weight excluding hydrogens is 330 g/mol. The standard InChI is InChI=1S/C21H23NO4/c1-14(17-9-5-4-6-10-17)13-20(24)26-16(3)21(25)22-19-12-8-7-11-18(19)15(2)23/h4-12,14,16H,13H2,1-3H3,(H,22,25)/t14-,16+/m1/s1. The van der Waals surface area contributed by atoms with E-state index in [9.17, 15) is 14.4 Å². The fourth-order valence-corrected chi connectivity index (χ4v) is 2.58. The quantitative estimate of drug-likeness (QED) is 0.604. The van der Waals surface area contributed by atoms with Crippen molar-refractivity contribution in [3.05, 3.63) is 65.7 Å². The maximum absolute atomic E-state index is 12.3. The molecule has 26 heavy (non-hydrogen) atoms. The number of para-hydroxylation sites is 1. The minimum atomic E-state index is -0.953. The molecule has 0 radical (unpaired) electrons. The molecule has 2 aromatic rings. The lowest BCUT2D eigenvalue weighted by molar-refractivity contribution is -0.153. The lowest BCUT2D eigenvalue weighted by Gasteiger charge is -2.16. The molecule has 2 rings (SSSR count). The minimum absolute atomic E-state index is 0.00241. The van der Waals surface area contributed by atoms with E-state index in [1.54, 1.807) is 24.3 Å². The molecule has 0 saturated heterocycles. The molecule has 2 atom stereocenters. The third kappa shape index (κ3) is 5.28. The molecule has 0 saturated carbocycles. The van der Waals surface area contributed by atoms with Crippen LogP contribution in [0.15, 0.2) is 54.6 Å². The van der Waals surface area contributed by atoms with Crippen LogP contribution in [0.2, 0.25) is 0 Å². The first kappa shape index (κ1) is 19.4. The van der Waals surface area contributed by atoms with E-state index >= 15 is 0 Å². The van der Waals surface area contributed by atoms with E-state index in [-0.39, 0.29) is 18.1 Å². The third-order valence-electron chi connectivity index (χ3n) is 4.08. The Morgan fingerprint density at radius 1 is 0.962 bits per heavy atom. The van der Waals surface area contributed by atoms with Gasteiger partial charge < -0.3 is 10.1 Å². The molecule has 0 aliphatic carbocycles. The summed E-state index contributed by atoms with van der Waals surface area (Å²) in [6.07, 6.45) is -0.767. The zero-order chi connectivity index (χ0) is 19.1. The van der Waals surface area contributed by atoms with Crippen molar-refractivity contribution in [2.75, 3.05) is 5.32 Å². The van der Waals surface area contributed by atoms with Gasteiger partial charge in [0.15, 0.2) is 11.9 Å². The van der Waals surface area contributed by atoms with Crippen molar-refractivity contribution in [1.29, 1.82) is 0 Å².